The Kier molecular flexibility index (Phi) is 6.39. The van der Waals surface area contributed by atoms with E-state index >= 15 is 0 Å². The van der Waals surface area contributed by atoms with Gasteiger partial charge in [-0.2, -0.15) is 0 Å². The van der Waals surface area contributed by atoms with Gasteiger partial charge in [-0.1, -0.05) is 15.9 Å². The van der Waals surface area contributed by atoms with Gasteiger partial charge in [-0.05, 0) is 107 Å². The van der Waals surface area contributed by atoms with E-state index in [1.54, 1.807) is 6.08 Å². The Morgan fingerprint density at radius 2 is 1.77 bits per heavy atom. The molecule has 1 aliphatic rings. The number of cyclic esters (lactones) is 1. The van der Waals surface area contributed by atoms with E-state index in [1.165, 1.54) is 0 Å². The summed E-state index contributed by atoms with van der Waals surface area (Å²) in [6, 6.07) is 11.4. The third-order valence-corrected chi connectivity index (χ3v) is 5.52. The fourth-order valence-electron chi connectivity index (χ4n) is 2.29. The Hall–Kier alpha value is -0.940. The first-order chi connectivity index (χ1) is 12.3. The minimum absolute atomic E-state index is 0.101. The second-order valence-corrected chi connectivity index (χ2v) is 9.06. The van der Waals surface area contributed by atoms with Crippen LogP contribution in [0.2, 0.25) is 0 Å². The average molecular weight is 638 g/mol. The van der Waals surface area contributed by atoms with E-state index < -0.39 is 5.97 Å². The number of aliphatic imine (C=N–C) groups is 1. The summed E-state index contributed by atoms with van der Waals surface area (Å²) >= 11 is 7.86. The first kappa shape index (κ1) is 19.8. The maximum atomic E-state index is 12.2. The molecule has 0 spiro atoms. The molecule has 26 heavy (non-hydrogen) atoms. The molecule has 2 aromatic carbocycles. The van der Waals surface area contributed by atoms with Crippen molar-refractivity contribution in [3.05, 3.63) is 64.8 Å². The molecule has 0 unspecified atom stereocenters. The molecular weight excluding hydrogens is 624 g/mol. The SMILES string of the molecule is CC(C)Oc1c(I)cc(/C=C2\N=C(c3ccc(Br)cc3)OC2=O)cc1I. The van der Waals surface area contributed by atoms with Crippen molar-refractivity contribution in [3.8, 4) is 5.75 Å². The lowest BCUT2D eigenvalue weighted by atomic mass is 10.2. The Labute approximate surface area is 187 Å². The summed E-state index contributed by atoms with van der Waals surface area (Å²) in [6.07, 6.45) is 1.83. The van der Waals surface area contributed by atoms with Crippen LogP contribution < -0.4 is 4.74 Å². The minimum atomic E-state index is -0.449. The van der Waals surface area contributed by atoms with Gasteiger partial charge < -0.3 is 9.47 Å². The van der Waals surface area contributed by atoms with Crippen LogP contribution in [0.25, 0.3) is 6.08 Å². The number of rotatable bonds is 4. The van der Waals surface area contributed by atoms with Crippen LogP contribution in [-0.2, 0) is 9.53 Å². The Morgan fingerprint density at radius 3 is 2.35 bits per heavy atom. The van der Waals surface area contributed by atoms with Crippen LogP contribution in [0.15, 0.2) is 51.6 Å². The van der Waals surface area contributed by atoms with E-state index in [2.05, 4.69) is 66.1 Å². The fraction of sp³-hybridized carbons (Fsp3) is 0.158. The van der Waals surface area contributed by atoms with Gasteiger partial charge in [0, 0.05) is 10.0 Å². The van der Waals surface area contributed by atoms with Crippen molar-refractivity contribution in [3.63, 3.8) is 0 Å². The predicted octanol–water partition coefficient (Wildman–Crippen LogP) is 5.79. The predicted molar refractivity (Wildman–Crippen MR) is 122 cm³/mol. The topological polar surface area (TPSA) is 47.9 Å². The van der Waals surface area contributed by atoms with Gasteiger partial charge in [-0.15, -0.1) is 0 Å². The lowest BCUT2D eigenvalue weighted by Crippen LogP contribution is -2.08. The number of esters is 1. The zero-order valence-electron chi connectivity index (χ0n) is 13.9. The summed E-state index contributed by atoms with van der Waals surface area (Å²) in [5.41, 5.74) is 1.92. The lowest BCUT2D eigenvalue weighted by Gasteiger charge is -2.14. The van der Waals surface area contributed by atoms with Gasteiger partial charge in [0.25, 0.3) is 0 Å². The molecule has 0 bridgehead atoms. The average Bonchev–Trinajstić information content (AvgIpc) is 2.92. The Bertz CT molecular complexity index is 898. The quantitative estimate of drug-likeness (QED) is 0.242. The van der Waals surface area contributed by atoms with E-state index in [4.69, 9.17) is 9.47 Å². The molecular formula is C19H14BrI2NO3. The fourth-order valence-corrected chi connectivity index (χ4v) is 4.63. The zero-order valence-corrected chi connectivity index (χ0v) is 19.8. The maximum Gasteiger partial charge on any atom is 0.363 e. The van der Waals surface area contributed by atoms with Crippen molar-refractivity contribution in [1.82, 2.24) is 0 Å². The maximum absolute atomic E-state index is 12.2. The molecule has 1 aliphatic heterocycles. The van der Waals surface area contributed by atoms with E-state index in [-0.39, 0.29) is 11.8 Å². The summed E-state index contributed by atoms with van der Waals surface area (Å²) in [5, 5.41) is 0. The highest BCUT2D eigenvalue weighted by atomic mass is 127. The number of hydrogen-bond acceptors (Lipinski definition) is 4. The van der Waals surface area contributed by atoms with E-state index in [0.717, 1.165) is 28.5 Å². The van der Waals surface area contributed by atoms with Crippen LogP contribution in [0.1, 0.15) is 25.0 Å². The summed E-state index contributed by atoms with van der Waals surface area (Å²) in [6.45, 7) is 3.99. The number of carbonyl (C=O) groups excluding carboxylic acids is 1. The van der Waals surface area contributed by atoms with Crippen LogP contribution in [0.5, 0.6) is 5.75 Å². The van der Waals surface area contributed by atoms with E-state index in [1.807, 2.05) is 50.2 Å². The van der Waals surface area contributed by atoms with Crippen molar-refractivity contribution in [1.29, 1.82) is 0 Å². The Morgan fingerprint density at radius 1 is 1.15 bits per heavy atom. The smallest absolute Gasteiger partial charge is 0.363 e. The second kappa shape index (κ2) is 8.39. The van der Waals surface area contributed by atoms with Crippen molar-refractivity contribution >= 4 is 79.1 Å². The second-order valence-electron chi connectivity index (χ2n) is 5.82. The van der Waals surface area contributed by atoms with Gasteiger partial charge in [-0.3, -0.25) is 0 Å². The number of benzene rings is 2. The lowest BCUT2D eigenvalue weighted by molar-refractivity contribution is -0.129. The van der Waals surface area contributed by atoms with Crippen LogP contribution in [0.3, 0.4) is 0 Å². The van der Waals surface area contributed by atoms with Crippen molar-refractivity contribution in [2.45, 2.75) is 20.0 Å². The number of halogens is 3. The van der Waals surface area contributed by atoms with Gasteiger partial charge in [0.1, 0.15) is 5.75 Å². The highest BCUT2D eigenvalue weighted by molar-refractivity contribution is 14.1. The van der Waals surface area contributed by atoms with Gasteiger partial charge in [0.2, 0.25) is 5.90 Å². The van der Waals surface area contributed by atoms with Crippen LogP contribution >= 0.6 is 61.1 Å². The molecule has 0 amide bonds. The molecule has 0 aromatic heterocycles. The molecule has 134 valence electrons. The highest BCUT2D eigenvalue weighted by Crippen LogP contribution is 2.31. The molecule has 1 heterocycles. The van der Waals surface area contributed by atoms with Gasteiger partial charge >= 0.3 is 5.97 Å². The molecule has 3 rings (SSSR count). The van der Waals surface area contributed by atoms with E-state index in [0.29, 0.717) is 5.90 Å². The largest absolute Gasteiger partial charge is 0.489 e. The molecule has 0 aliphatic carbocycles. The number of ether oxygens (including phenoxy) is 2. The summed E-state index contributed by atoms with van der Waals surface area (Å²) < 4.78 is 14.1. The monoisotopic (exact) mass is 637 g/mol. The molecule has 0 saturated heterocycles. The van der Waals surface area contributed by atoms with E-state index in [9.17, 15) is 4.79 Å². The molecule has 0 radical (unpaired) electrons. The van der Waals surface area contributed by atoms with Gasteiger partial charge in [0.15, 0.2) is 5.70 Å². The molecule has 0 atom stereocenters. The third kappa shape index (κ3) is 4.66. The molecule has 7 heteroatoms. The first-order valence-corrected chi connectivity index (χ1v) is 10.7. The third-order valence-electron chi connectivity index (χ3n) is 3.39. The molecule has 4 nitrogen and oxygen atoms in total. The van der Waals surface area contributed by atoms with Crippen molar-refractivity contribution in [2.24, 2.45) is 4.99 Å². The van der Waals surface area contributed by atoms with Crippen molar-refractivity contribution < 1.29 is 14.3 Å². The van der Waals surface area contributed by atoms with Crippen LogP contribution in [0.4, 0.5) is 0 Å². The number of carbonyl (C=O) groups is 1. The minimum Gasteiger partial charge on any atom is -0.489 e. The summed E-state index contributed by atoms with van der Waals surface area (Å²) in [7, 11) is 0. The number of hydrogen-bond donors (Lipinski definition) is 0. The molecule has 0 fully saturated rings. The van der Waals surface area contributed by atoms with Gasteiger partial charge in [0.05, 0.1) is 13.2 Å². The van der Waals surface area contributed by atoms with Gasteiger partial charge in [-0.25, -0.2) is 9.79 Å². The number of nitrogens with zero attached hydrogens (tertiary/aromatic N) is 1. The van der Waals surface area contributed by atoms with Crippen LogP contribution in [0, 0.1) is 7.14 Å². The summed E-state index contributed by atoms with van der Waals surface area (Å²) in [5.74, 6) is 0.727. The molecule has 0 saturated carbocycles. The van der Waals surface area contributed by atoms with Crippen molar-refractivity contribution in [2.75, 3.05) is 0 Å². The normalized spacial score (nSPS) is 15.4. The standard InChI is InChI=1S/C19H14BrI2NO3/c1-10(2)25-17-14(21)7-11(8-15(17)22)9-16-19(24)26-18(23-16)12-3-5-13(20)6-4-12/h3-10H,1-2H3/b16-9-. The molecule has 0 N–H and O–H groups in total. The zero-order chi connectivity index (χ0) is 18.8. The molecule has 2 aromatic rings. The Balaban J connectivity index is 1.92. The highest BCUT2D eigenvalue weighted by Gasteiger charge is 2.24. The van der Waals surface area contributed by atoms with Crippen LogP contribution in [-0.4, -0.2) is 18.0 Å². The first-order valence-electron chi connectivity index (χ1n) is 7.77. The summed E-state index contributed by atoms with van der Waals surface area (Å²) in [4.78, 5) is 16.5.